The zero-order valence-electron chi connectivity index (χ0n) is 31.9. The fourth-order valence-electron chi connectivity index (χ4n) is 5.54. The molecule has 49 heavy (non-hydrogen) atoms. The molecule has 0 aliphatic heterocycles. The molecule has 2 aromatic rings. The molecule has 5 atom stereocenters. The van der Waals surface area contributed by atoms with Crippen molar-refractivity contribution in [3.05, 3.63) is 71.3 Å². The Hall–Kier alpha value is -3.88. The van der Waals surface area contributed by atoms with Crippen LogP contribution < -0.4 is 10.6 Å². The first-order valence-corrected chi connectivity index (χ1v) is 17.7. The predicted molar refractivity (Wildman–Crippen MR) is 195 cm³/mol. The summed E-state index contributed by atoms with van der Waals surface area (Å²) in [6.45, 7) is 22.6. The number of rotatable bonds is 15. The van der Waals surface area contributed by atoms with Crippen LogP contribution in [0.15, 0.2) is 54.6 Å². The number of ether oxygens (including phenoxy) is 2. The molecule has 0 bridgehead atoms. The minimum Gasteiger partial charge on any atom is -0.458 e. The molecule has 0 heterocycles. The lowest BCUT2D eigenvalue weighted by Gasteiger charge is -2.40. The fraction of sp³-hybridized carbons (Fsp3) is 0.600. The number of nitrogens with one attached hydrogen (secondary N) is 2. The highest BCUT2D eigenvalue weighted by Gasteiger charge is 2.41. The van der Waals surface area contributed by atoms with Crippen molar-refractivity contribution >= 4 is 23.9 Å². The summed E-state index contributed by atoms with van der Waals surface area (Å²) in [6, 6.07) is 13.4. The lowest BCUT2D eigenvalue weighted by Crippen LogP contribution is -2.58. The molecule has 0 aliphatic rings. The van der Waals surface area contributed by atoms with Gasteiger partial charge in [-0.1, -0.05) is 94.3 Å². The first kappa shape index (κ1) is 41.3. The van der Waals surface area contributed by atoms with E-state index in [1.165, 1.54) is 0 Å². The van der Waals surface area contributed by atoms with Crippen molar-refractivity contribution in [3.8, 4) is 0 Å². The largest absolute Gasteiger partial charge is 0.458 e. The lowest BCUT2D eigenvalue weighted by atomic mass is 9.92. The van der Waals surface area contributed by atoms with Crippen molar-refractivity contribution in [2.75, 3.05) is 0 Å². The van der Waals surface area contributed by atoms with Crippen LogP contribution in [0.1, 0.15) is 118 Å². The summed E-state index contributed by atoms with van der Waals surface area (Å²) in [5.41, 5.74) is 0.816. The summed E-state index contributed by atoms with van der Waals surface area (Å²) >= 11 is 0. The van der Waals surface area contributed by atoms with Gasteiger partial charge in [0.1, 0.15) is 29.3 Å². The fourth-order valence-corrected chi connectivity index (χ4v) is 5.54. The monoisotopic (exact) mass is 679 g/mol. The van der Waals surface area contributed by atoms with Crippen LogP contribution in [0.25, 0.3) is 0 Å². The highest BCUT2D eigenvalue weighted by atomic mass is 16.6. The summed E-state index contributed by atoms with van der Waals surface area (Å²) in [5.74, 6) is -1.38. The second-order valence-electron chi connectivity index (χ2n) is 15.7. The molecule has 0 fully saturated rings. The number of aryl methyl sites for hydroxylation is 1. The smallest absolute Gasteiger partial charge is 0.408 e. The average molecular weight is 680 g/mol. The Kier molecular flexibility index (Phi) is 15.3. The van der Waals surface area contributed by atoms with Crippen LogP contribution in [0.5, 0.6) is 0 Å². The first-order valence-electron chi connectivity index (χ1n) is 17.7. The first-order chi connectivity index (χ1) is 22.7. The molecule has 3 amide bonds. The van der Waals surface area contributed by atoms with Crippen LogP contribution in [0.4, 0.5) is 4.79 Å². The van der Waals surface area contributed by atoms with E-state index in [-0.39, 0.29) is 12.3 Å². The maximum atomic E-state index is 14.9. The van der Waals surface area contributed by atoms with Crippen molar-refractivity contribution in [1.82, 2.24) is 15.5 Å². The molecule has 2 N–H and O–H groups in total. The number of amides is 3. The van der Waals surface area contributed by atoms with Gasteiger partial charge in [-0.15, -0.1) is 0 Å². The van der Waals surface area contributed by atoms with E-state index in [0.29, 0.717) is 24.3 Å². The molecule has 0 aliphatic carbocycles. The molecule has 2 rings (SSSR count). The second-order valence-corrected chi connectivity index (χ2v) is 15.7. The van der Waals surface area contributed by atoms with E-state index in [4.69, 9.17) is 9.47 Å². The maximum Gasteiger partial charge on any atom is 0.408 e. The van der Waals surface area contributed by atoms with Gasteiger partial charge in [-0.05, 0) is 91.2 Å². The van der Waals surface area contributed by atoms with Crippen LogP contribution >= 0.6 is 0 Å². The third-order valence-corrected chi connectivity index (χ3v) is 8.22. The van der Waals surface area contributed by atoms with Crippen LogP contribution in [0.2, 0.25) is 0 Å². The third kappa shape index (κ3) is 13.9. The minimum atomic E-state index is -1.11. The van der Waals surface area contributed by atoms with Gasteiger partial charge in [0.2, 0.25) is 11.8 Å². The highest BCUT2D eigenvalue weighted by Crippen LogP contribution is 2.30. The van der Waals surface area contributed by atoms with Crippen molar-refractivity contribution in [2.24, 2.45) is 11.8 Å². The second kappa shape index (κ2) is 18.2. The zero-order valence-corrected chi connectivity index (χ0v) is 31.9. The Morgan fingerprint density at radius 3 is 1.94 bits per heavy atom. The Morgan fingerprint density at radius 1 is 0.796 bits per heavy atom. The molecule has 0 aromatic heterocycles. The van der Waals surface area contributed by atoms with Gasteiger partial charge in [0.15, 0.2) is 0 Å². The normalized spacial score (nSPS) is 15.0. The van der Waals surface area contributed by atoms with Gasteiger partial charge in [-0.2, -0.15) is 0 Å². The van der Waals surface area contributed by atoms with E-state index >= 15 is 0 Å². The molecule has 0 saturated carbocycles. The predicted octanol–water partition coefficient (Wildman–Crippen LogP) is 7.70. The lowest BCUT2D eigenvalue weighted by molar-refractivity contribution is -0.159. The molecule has 2 aromatic carbocycles. The van der Waals surface area contributed by atoms with Crippen molar-refractivity contribution in [1.29, 1.82) is 0 Å². The molecule has 5 unspecified atom stereocenters. The van der Waals surface area contributed by atoms with E-state index in [1.54, 1.807) is 46.4 Å². The Morgan fingerprint density at radius 2 is 1.41 bits per heavy atom. The molecular weight excluding hydrogens is 618 g/mol. The van der Waals surface area contributed by atoms with Crippen molar-refractivity contribution in [2.45, 2.75) is 144 Å². The van der Waals surface area contributed by atoms with Gasteiger partial charge in [0, 0.05) is 12.5 Å². The molecular formula is C40H61N3O6. The van der Waals surface area contributed by atoms with Crippen LogP contribution in [-0.2, 0) is 30.3 Å². The van der Waals surface area contributed by atoms with E-state index in [2.05, 4.69) is 24.5 Å². The standard InChI is InChI=1S/C40H61N3O6/c1-13-28(5)33(42-38(47)49-40(10,11)12)36(45)43(29(6)23-22-26(2)3)34(31-21-17-18-27(4)24-31)35(44)41-32(37(46)48-39(7,8)9)25-30-19-15-14-16-20-30/h14-21,24,26,28-29,32-34H,13,22-23,25H2,1-12H3,(H,41,44)(H,42,47). The number of hydrogen-bond acceptors (Lipinski definition) is 6. The van der Waals surface area contributed by atoms with Gasteiger partial charge in [-0.25, -0.2) is 9.59 Å². The quantitative estimate of drug-likeness (QED) is 0.187. The summed E-state index contributed by atoms with van der Waals surface area (Å²) in [5, 5.41) is 5.84. The molecule has 0 saturated heterocycles. The van der Waals surface area contributed by atoms with E-state index in [9.17, 15) is 19.2 Å². The summed E-state index contributed by atoms with van der Waals surface area (Å²) in [7, 11) is 0. The highest BCUT2D eigenvalue weighted by molar-refractivity contribution is 5.94. The van der Waals surface area contributed by atoms with Crippen molar-refractivity contribution < 1.29 is 28.7 Å². The molecule has 9 nitrogen and oxygen atoms in total. The van der Waals surface area contributed by atoms with Crippen molar-refractivity contribution in [3.63, 3.8) is 0 Å². The van der Waals surface area contributed by atoms with E-state index in [0.717, 1.165) is 17.5 Å². The summed E-state index contributed by atoms with van der Waals surface area (Å²) < 4.78 is 11.3. The van der Waals surface area contributed by atoms with Crippen LogP contribution in [-0.4, -0.2) is 58.1 Å². The molecule has 0 spiro atoms. The number of esters is 1. The molecule has 0 radical (unpaired) electrons. The Balaban J connectivity index is 2.73. The Labute approximate surface area is 294 Å². The van der Waals surface area contributed by atoms with E-state index in [1.807, 2.05) is 82.3 Å². The van der Waals surface area contributed by atoms with Gasteiger partial charge in [-0.3, -0.25) is 9.59 Å². The molecule has 272 valence electrons. The summed E-state index contributed by atoms with van der Waals surface area (Å²) in [4.78, 5) is 58.0. The average Bonchev–Trinajstić information content (AvgIpc) is 2.99. The van der Waals surface area contributed by atoms with Gasteiger partial charge in [0.25, 0.3) is 0 Å². The number of carbonyl (C=O) groups excluding carboxylic acids is 4. The number of benzene rings is 2. The maximum absolute atomic E-state index is 14.9. The van der Waals surface area contributed by atoms with Gasteiger partial charge in [0.05, 0.1) is 0 Å². The number of hydrogen-bond donors (Lipinski definition) is 2. The number of alkyl carbamates (subject to hydrolysis) is 1. The van der Waals surface area contributed by atoms with Gasteiger partial charge >= 0.3 is 12.1 Å². The summed E-state index contributed by atoms with van der Waals surface area (Å²) in [6.07, 6.45) is 1.53. The molecule has 9 heteroatoms. The van der Waals surface area contributed by atoms with Gasteiger partial charge < -0.3 is 25.0 Å². The third-order valence-electron chi connectivity index (χ3n) is 8.22. The SMILES string of the molecule is CCC(C)C(NC(=O)OC(C)(C)C)C(=O)N(C(C)CCC(C)C)C(C(=O)NC(Cc1ccccc1)C(=O)OC(C)(C)C)c1cccc(C)c1. The number of nitrogens with zero attached hydrogens (tertiary/aromatic N) is 1. The minimum absolute atomic E-state index is 0.203. The number of carbonyl (C=O) groups is 4. The van der Waals surface area contributed by atoms with Crippen LogP contribution in [0, 0.1) is 18.8 Å². The Bertz CT molecular complexity index is 1380. The van der Waals surface area contributed by atoms with Crippen LogP contribution in [0.3, 0.4) is 0 Å². The van der Waals surface area contributed by atoms with E-state index < -0.39 is 59.2 Å². The zero-order chi connectivity index (χ0) is 37.1. The topological polar surface area (TPSA) is 114 Å².